The van der Waals surface area contributed by atoms with Gasteiger partial charge in [0.1, 0.15) is 17.4 Å². The van der Waals surface area contributed by atoms with Crippen LogP contribution in [0.25, 0.3) is 0 Å². The van der Waals surface area contributed by atoms with Gasteiger partial charge in [0.2, 0.25) is 21.4 Å². The van der Waals surface area contributed by atoms with Crippen LogP contribution in [0.4, 0.5) is 13.6 Å². The number of nitrogens with two attached hydrogens (primary N) is 1. The van der Waals surface area contributed by atoms with E-state index in [0.29, 0.717) is 19.3 Å². The second kappa shape index (κ2) is 12.3. The Kier molecular flexibility index (Phi) is 8.42. The molecule has 5 rings (SSSR count). The molecule has 1 aliphatic heterocycles. The number of aromatic nitrogens is 4. The summed E-state index contributed by atoms with van der Waals surface area (Å²) >= 11 is 0. The number of hydrogen-bond donors (Lipinski definition) is 4. The van der Waals surface area contributed by atoms with Crippen LogP contribution in [0, 0.1) is 17.0 Å². The highest BCUT2D eigenvalue weighted by Crippen LogP contribution is 2.38. The van der Waals surface area contributed by atoms with Crippen molar-refractivity contribution in [1.82, 2.24) is 24.6 Å². The van der Waals surface area contributed by atoms with E-state index in [-0.39, 0.29) is 45.6 Å². The molecule has 3 heterocycles. The van der Waals surface area contributed by atoms with E-state index >= 15 is 4.39 Å². The molecule has 0 saturated heterocycles. The molecule has 16 nitrogen and oxygen atoms in total. The Balaban J connectivity index is 1.55. The number of carbonyl (C=O) groups excluding carboxylic acids is 1. The summed E-state index contributed by atoms with van der Waals surface area (Å²) in [7, 11) is -2.92. The molecule has 5 N–H and O–H groups in total. The van der Waals surface area contributed by atoms with Crippen LogP contribution in [-0.4, -0.2) is 82.7 Å². The SMILES string of the molecule is CCOC(=O)n1nc(S(=O)(=O)c2ccc(Oc3c(F)cnc(Oc4cc(C(=N)N)ccc4O)c3F)c(C3=NCCN3C)c2)[nH]c1=O. The number of phenols is 1. The third kappa shape index (κ3) is 5.94. The van der Waals surface area contributed by atoms with Gasteiger partial charge in [-0.2, -0.15) is 4.39 Å². The van der Waals surface area contributed by atoms with Crippen molar-refractivity contribution < 1.29 is 41.3 Å². The Morgan fingerprint density at radius 2 is 1.93 bits per heavy atom. The number of nitrogens with zero attached hydrogens (tertiary/aromatic N) is 5. The van der Waals surface area contributed by atoms with Crippen molar-refractivity contribution in [2.24, 2.45) is 10.7 Å². The van der Waals surface area contributed by atoms with Crippen molar-refractivity contribution in [1.29, 1.82) is 5.41 Å². The second-order valence-corrected chi connectivity index (χ2v) is 11.4. The number of halogens is 2. The molecule has 0 atom stereocenters. The van der Waals surface area contributed by atoms with Gasteiger partial charge in [-0.05, 0) is 43.3 Å². The first-order valence-corrected chi connectivity index (χ1v) is 14.7. The molecule has 0 amide bonds. The lowest BCUT2D eigenvalue weighted by Gasteiger charge is -2.19. The number of benzene rings is 2. The van der Waals surface area contributed by atoms with Gasteiger partial charge in [-0.3, -0.25) is 15.4 Å². The van der Waals surface area contributed by atoms with E-state index in [1.54, 1.807) is 11.9 Å². The van der Waals surface area contributed by atoms with Gasteiger partial charge in [-0.15, -0.1) is 9.78 Å². The summed E-state index contributed by atoms with van der Waals surface area (Å²) in [6.45, 7) is 2.14. The topological polar surface area (TPSA) is 228 Å². The van der Waals surface area contributed by atoms with Crippen molar-refractivity contribution in [3.8, 4) is 28.9 Å². The van der Waals surface area contributed by atoms with Crippen LogP contribution in [-0.2, 0) is 14.6 Å². The minimum atomic E-state index is -4.57. The Bertz CT molecular complexity index is 2080. The maximum atomic E-state index is 15.6. The lowest BCUT2D eigenvalue weighted by atomic mass is 10.1. The average molecular weight is 659 g/mol. The summed E-state index contributed by atoms with van der Waals surface area (Å²) in [4.78, 5) is 35.4. The van der Waals surface area contributed by atoms with E-state index in [4.69, 9.17) is 25.4 Å². The minimum Gasteiger partial charge on any atom is -0.504 e. The van der Waals surface area contributed by atoms with E-state index in [2.05, 4.69) is 15.1 Å². The first-order valence-electron chi connectivity index (χ1n) is 13.2. The number of sulfone groups is 1. The van der Waals surface area contributed by atoms with E-state index in [1.807, 2.05) is 4.98 Å². The molecule has 19 heteroatoms. The van der Waals surface area contributed by atoms with Gasteiger partial charge < -0.3 is 30.0 Å². The molecule has 240 valence electrons. The Morgan fingerprint density at radius 3 is 2.61 bits per heavy atom. The number of aromatic amines is 1. The number of aromatic hydroxyl groups is 1. The fraction of sp³-hybridized carbons (Fsp3) is 0.185. The van der Waals surface area contributed by atoms with Crippen LogP contribution in [0.5, 0.6) is 28.9 Å². The van der Waals surface area contributed by atoms with E-state index in [0.717, 1.165) is 30.3 Å². The van der Waals surface area contributed by atoms with Gasteiger partial charge in [0, 0.05) is 19.2 Å². The zero-order chi connectivity index (χ0) is 33.3. The quantitative estimate of drug-likeness (QED) is 0.150. The number of amidine groups is 2. The van der Waals surface area contributed by atoms with Crippen molar-refractivity contribution in [3.63, 3.8) is 0 Å². The molecule has 46 heavy (non-hydrogen) atoms. The number of aliphatic imine (C=N–C) groups is 1. The molecule has 0 aliphatic carbocycles. The van der Waals surface area contributed by atoms with Gasteiger partial charge in [-0.1, -0.05) is 0 Å². The number of ether oxygens (including phenoxy) is 3. The van der Waals surface area contributed by atoms with Crippen LogP contribution < -0.4 is 20.9 Å². The van der Waals surface area contributed by atoms with Crippen LogP contribution in [0.3, 0.4) is 0 Å². The van der Waals surface area contributed by atoms with Crippen molar-refractivity contribution in [2.45, 2.75) is 17.0 Å². The zero-order valence-electron chi connectivity index (χ0n) is 23.9. The standard InChI is InChI=1S/C27H24F2N8O8S/c1-3-43-27(40)37-26(39)34-25(35-37)46(41,42)14-5-7-18(15(11-14)23-32-8-9-36(23)2)44-21-16(28)12-33-24(20(21)29)45-19-10-13(22(30)31)4-6-17(19)38/h4-7,10-12,38H,3,8-9H2,1-2H3,(H3,30,31)(H,34,35,39). The second-order valence-electron chi connectivity index (χ2n) is 9.49. The van der Waals surface area contributed by atoms with Crippen molar-refractivity contribution in [3.05, 3.63) is 75.8 Å². The van der Waals surface area contributed by atoms with Gasteiger partial charge >= 0.3 is 11.8 Å². The van der Waals surface area contributed by atoms with Crippen LogP contribution in [0.2, 0.25) is 0 Å². The Morgan fingerprint density at radius 1 is 1.17 bits per heavy atom. The molecule has 0 spiro atoms. The number of hydrogen-bond acceptors (Lipinski definition) is 13. The average Bonchev–Trinajstić information content (AvgIpc) is 3.63. The van der Waals surface area contributed by atoms with Gasteiger partial charge in [0.05, 0.1) is 29.8 Å². The molecule has 0 fully saturated rings. The molecule has 0 unspecified atom stereocenters. The number of rotatable bonds is 9. The summed E-state index contributed by atoms with van der Waals surface area (Å²) < 4.78 is 73.3. The van der Waals surface area contributed by atoms with Crippen LogP contribution in [0.1, 0.15) is 18.1 Å². The molecule has 0 saturated carbocycles. The summed E-state index contributed by atoms with van der Waals surface area (Å²) in [6, 6.07) is 6.88. The monoisotopic (exact) mass is 658 g/mol. The summed E-state index contributed by atoms with van der Waals surface area (Å²) in [6.07, 6.45) is -0.587. The molecule has 0 radical (unpaired) electrons. The highest BCUT2D eigenvalue weighted by atomic mass is 32.2. The first kappa shape index (κ1) is 31.6. The van der Waals surface area contributed by atoms with Crippen LogP contribution in [0.15, 0.2) is 62.4 Å². The number of likely N-dealkylation sites (N-methyl/N-ethyl adjacent to an activating group) is 1. The maximum absolute atomic E-state index is 15.6. The summed E-state index contributed by atoms with van der Waals surface area (Å²) in [5.74, 6) is -5.62. The van der Waals surface area contributed by atoms with E-state index in [9.17, 15) is 27.5 Å². The number of carbonyl (C=O) groups is 1. The number of pyridine rings is 1. The number of phenolic OH excluding ortho intramolecular Hbond substituents is 1. The molecule has 2 aromatic heterocycles. The number of nitrogens with one attached hydrogen (secondary N) is 2. The smallest absolute Gasteiger partial charge is 0.439 e. The van der Waals surface area contributed by atoms with Gasteiger partial charge in [-0.25, -0.2) is 27.4 Å². The maximum Gasteiger partial charge on any atom is 0.439 e. The third-order valence-electron chi connectivity index (χ3n) is 6.44. The largest absolute Gasteiger partial charge is 0.504 e. The molecular weight excluding hydrogens is 634 g/mol. The summed E-state index contributed by atoms with van der Waals surface area (Å²) in [5.41, 5.74) is 4.45. The fourth-order valence-corrected chi connectivity index (χ4v) is 5.34. The Labute approximate surface area is 258 Å². The van der Waals surface area contributed by atoms with E-state index in [1.165, 1.54) is 13.0 Å². The lowest BCUT2D eigenvalue weighted by Crippen LogP contribution is -2.26. The predicted molar refractivity (Wildman–Crippen MR) is 155 cm³/mol. The predicted octanol–water partition coefficient (Wildman–Crippen LogP) is 2.35. The third-order valence-corrected chi connectivity index (χ3v) is 8.01. The fourth-order valence-electron chi connectivity index (χ4n) is 4.18. The zero-order valence-corrected chi connectivity index (χ0v) is 24.8. The van der Waals surface area contributed by atoms with E-state index < -0.39 is 60.7 Å². The highest BCUT2D eigenvalue weighted by molar-refractivity contribution is 7.91. The molecular formula is C27H24F2N8O8S. The molecule has 0 bridgehead atoms. The molecule has 1 aliphatic rings. The summed E-state index contributed by atoms with van der Waals surface area (Å²) in [5, 5.41) is 20.4. The van der Waals surface area contributed by atoms with Gasteiger partial charge in [0.25, 0.3) is 11.0 Å². The van der Waals surface area contributed by atoms with Crippen molar-refractivity contribution in [2.75, 3.05) is 26.7 Å². The van der Waals surface area contributed by atoms with Crippen molar-refractivity contribution >= 4 is 27.6 Å². The number of H-pyrrole nitrogens is 1. The highest BCUT2D eigenvalue weighted by Gasteiger charge is 2.30. The van der Waals surface area contributed by atoms with Crippen LogP contribution >= 0.6 is 0 Å². The Hall–Kier alpha value is -5.85. The normalized spacial score (nSPS) is 13.0. The minimum absolute atomic E-state index is 0.00173. The molecule has 2 aromatic carbocycles. The number of nitrogen functional groups attached to an aromatic ring is 1. The lowest BCUT2D eigenvalue weighted by molar-refractivity contribution is 0.149. The first-order chi connectivity index (χ1) is 21.8. The molecule has 4 aromatic rings. The van der Waals surface area contributed by atoms with Gasteiger partial charge in [0.15, 0.2) is 17.3 Å².